The monoisotopic (exact) mass is 305 g/mol. The van der Waals surface area contributed by atoms with Crippen molar-refractivity contribution in [2.45, 2.75) is 44.6 Å². The molecule has 1 saturated heterocycles. The van der Waals surface area contributed by atoms with Crippen LogP contribution in [0.4, 0.5) is 0 Å². The molecule has 0 saturated carbocycles. The van der Waals surface area contributed by atoms with Crippen LogP contribution < -0.4 is 10.1 Å². The van der Waals surface area contributed by atoms with Crippen molar-refractivity contribution >= 4 is 11.8 Å². The van der Waals surface area contributed by atoms with E-state index >= 15 is 0 Å². The van der Waals surface area contributed by atoms with E-state index in [4.69, 9.17) is 4.74 Å². The fourth-order valence-corrected chi connectivity index (χ4v) is 4.70. The molecule has 1 aromatic carbocycles. The molecular formula is C18H27NOS. The second-order valence-electron chi connectivity index (χ2n) is 6.36. The molecule has 2 aliphatic heterocycles. The summed E-state index contributed by atoms with van der Waals surface area (Å²) >= 11 is 2.12. The number of thioether (sulfide) groups is 1. The highest BCUT2D eigenvalue weighted by Gasteiger charge is 2.18. The Morgan fingerprint density at radius 3 is 3.00 bits per heavy atom. The maximum Gasteiger partial charge on any atom is 0.122 e. The second-order valence-corrected chi connectivity index (χ2v) is 7.58. The van der Waals surface area contributed by atoms with Crippen LogP contribution in [0.2, 0.25) is 0 Å². The van der Waals surface area contributed by atoms with E-state index in [9.17, 15) is 0 Å². The van der Waals surface area contributed by atoms with Crippen LogP contribution in [0, 0.1) is 5.92 Å². The molecular weight excluding hydrogens is 278 g/mol. The predicted molar refractivity (Wildman–Crippen MR) is 91.5 cm³/mol. The van der Waals surface area contributed by atoms with Crippen LogP contribution >= 0.6 is 11.8 Å². The third-order valence-corrected chi connectivity index (χ3v) is 5.95. The van der Waals surface area contributed by atoms with E-state index in [0.29, 0.717) is 6.04 Å². The molecule has 116 valence electrons. The zero-order chi connectivity index (χ0) is 14.5. The molecule has 3 rings (SSSR count). The molecule has 0 bridgehead atoms. The van der Waals surface area contributed by atoms with E-state index in [-0.39, 0.29) is 0 Å². The lowest BCUT2D eigenvalue weighted by Crippen LogP contribution is -2.29. The molecule has 21 heavy (non-hydrogen) atoms. The highest BCUT2D eigenvalue weighted by atomic mass is 32.2. The first-order valence-corrected chi connectivity index (χ1v) is 9.50. The molecule has 1 N–H and O–H groups in total. The maximum absolute atomic E-state index is 5.59. The van der Waals surface area contributed by atoms with Gasteiger partial charge in [-0.05, 0) is 73.8 Å². The average molecular weight is 305 g/mol. The summed E-state index contributed by atoms with van der Waals surface area (Å²) in [7, 11) is 2.12. The lowest BCUT2D eigenvalue weighted by atomic mass is 9.91. The summed E-state index contributed by atoms with van der Waals surface area (Å²) in [5, 5.41) is 3.54. The Morgan fingerprint density at radius 1 is 1.33 bits per heavy atom. The number of hydrogen-bond acceptors (Lipinski definition) is 3. The molecule has 1 aromatic rings. The molecule has 2 aliphatic rings. The number of hydrogen-bond donors (Lipinski definition) is 1. The van der Waals surface area contributed by atoms with Gasteiger partial charge < -0.3 is 10.1 Å². The first kappa shape index (κ1) is 15.2. The molecule has 2 heterocycles. The lowest BCUT2D eigenvalue weighted by Gasteiger charge is -2.26. The van der Waals surface area contributed by atoms with Crippen molar-refractivity contribution in [2.75, 3.05) is 25.2 Å². The van der Waals surface area contributed by atoms with Crippen LogP contribution in [0.1, 0.15) is 36.8 Å². The number of benzene rings is 1. The Morgan fingerprint density at radius 2 is 2.19 bits per heavy atom. The highest BCUT2D eigenvalue weighted by Crippen LogP contribution is 2.28. The van der Waals surface area contributed by atoms with Gasteiger partial charge in [0.1, 0.15) is 5.75 Å². The van der Waals surface area contributed by atoms with Crippen molar-refractivity contribution in [2.24, 2.45) is 5.92 Å². The van der Waals surface area contributed by atoms with E-state index in [1.54, 1.807) is 0 Å². The SMILES string of the molecule is CNC(CCc1ccc2c(c1)CCO2)CC1CCSCC1. The van der Waals surface area contributed by atoms with Crippen LogP contribution in [0.25, 0.3) is 0 Å². The van der Waals surface area contributed by atoms with E-state index in [1.165, 1.54) is 54.7 Å². The second kappa shape index (κ2) is 7.55. The van der Waals surface area contributed by atoms with Gasteiger partial charge in [-0.15, -0.1) is 0 Å². The quantitative estimate of drug-likeness (QED) is 0.866. The van der Waals surface area contributed by atoms with E-state index in [1.807, 2.05) is 0 Å². The van der Waals surface area contributed by atoms with Gasteiger partial charge in [0, 0.05) is 12.5 Å². The zero-order valence-electron chi connectivity index (χ0n) is 13.1. The van der Waals surface area contributed by atoms with Gasteiger partial charge in [0.2, 0.25) is 0 Å². The lowest BCUT2D eigenvalue weighted by molar-refractivity contribution is 0.356. The summed E-state index contributed by atoms with van der Waals surface area (Å²) < 4.78 is 5.59. The van der Waals surface area contributed by atoms with Gasteiger partial charge in [-0.3, -0.25) is 0 Å². The van der Waals surface area contributed by atoms with Crippen LogP contribution in [0.5, 0.6) is 5.75 Å². The van der Waals surface area contributed by atoms with Gasteiger partial charge >= 0.3 is 0 Å². The summed E-state index contributed by atoms with van der Waals surface area (Å²) in [5.74, 6) is 4.78. The number of nitrogens with one attached hydrogen (secondary N) is 1. The van der Waals surface area contributed by atoms with E-state index in [2.05, 4.69) is 42.3 Å². The number of ether oxygens (including phenoxy) is 1. The topological polar surface area (TPSA) is 21.3 Å². The molecule has 2 nitrogen and oxygen atoms in total. The van der Waals surface area contributed by atoms with Gasteiger partial charge in [0.05, 0.1) is 6.61 Å². The number of rotatable bonds is 6. The average Bonchev–Trinajstić information content (AvgIpc) is 3.00. The molecule has 3 heteroatoms. The molecule has 1 atom stereocenters. The van der Waals surface area contributed by atoms with Crippen molar-refractivity contribution in [3.63, 3.8) is 0 Å². The fraction of sp³-hybridized carbons (Fsp3) is 0.667. The van der Waals surface area contributed by atoms with Gasteiger partial charge in [0.15, 0.2) is 0 Å². The van der Waals surface area contributed by atoms with Crippen molar-refractivity contribution in [1.82, 2.24) is 5.32 Å². The highest BCUT2D eigenvalue weighted by molar-refractivity contribution is 7.99. The van der Waals surface area contributed by atoms with Crippen molar-refractivity contribution < 1.29 is 4.74 Å². The Hall–Kier alpha value is -0.670. The van der Waals surface area contributed by atoms with Gasteiger partial charge in [-0.1, -0.05) is 12.1 Å². The Bertz CT molecular complexity index is 457. The summed E-state index contributed by atoms with van der Waals surface area (Å²) in [6, 6.07) is 7.42. The molecule has 1 fully saturated rings. The molecule has 0 aliphatic carbocycles. The minimum Gasteiger partial charge on any atom is -0.493 e. The Kier molecular flexibility index (Phi) is 5.48. The van der Waals surface area contributed by atoms with E-state index in [0.717, 1.165) is 24.7 Å². The number of fused-ring (bicyclic) bond motifs is 1. The predicted octanol–water partition coefficient (Wildman–Crippen LogP) is 3.68. The first-order valence-electron chi connectivity index (χ1n) is 8.35. The zero-order valence-corrected chi connectivity index (χ0v) is 13.9. The Labute approximate surface area is 133 Å². The molecule has 0 radical (unpaired) electrons. The molecule has 1 unspecified atom stereocenters. The van der Waals surface area contributed by atoms with Crippen molar-refractivity contribution in [1.29, 1.82) is 0 Å². The normalized spacial score (nSPS) is 20.0. The van der Waals surface area contributed by atoms with Crippen LogP contribution in [-0.4, -0.2) is 31.2 Å². The maximum atomic E-state index is 5.59. The van der Waals surface area contributed by atoms with Crippen molar-refractivity contribution in [3.8, 4) is 5.75 Å². The van der Waals surface area contributed by atoms with Gasteiger partial charge in [0.25, 0.3) is 0 Å². The Balaban J connectivity index is 1.50. The molecule has 0 spiro atoms. The van der Waals surface area contributed by atoms with E-state index < -0.39 is 0 Å². The third kappa shape index (κ3) is 4.17. The number of aryl methyl sites for hydroxylation is 1. The summed E-state index contributed by atoms with van der Waals surface area (Å²) in [6.45, 7) is 0.859. The standard InChI is InChI=1S/C18H27NOS/c1-19-17(13-15-7-10-21-11-8-15)4-2-14-3-5-18-16(12-14)6-9-20-18/h3,5,12,15,17,19H,2,4,6-11,13H2,1H3. The largest absolute Gasteiger partial charge is 0.493 e. The minimum absolute atomic E-state index is 0.669. The van der Waals surface area contributed by atoms with Crippen LogP contribution in [0.3, 0.4) is 0 Å². The van der Waals surface area contributed by atoms with Crippen LogP contribution in [-0.2, 0) is 12.8 Å². The fourth-order valence-electron chi connectivity index (χ4n) is 3.50. The molecule has 0 aromatic heterocycles. The molecule has 0 amide bonds. The van der Waals surface area contributed by atoms with Gasteiger partial charge in [-0.2, -0.15) is 11.8 Å². The minimum atomic E-state index is 0.669. The van der Waals surface area contributed by atoms with Crippen molar-refractivity contribution in [3.05, 3.63) is 29.3 Å². The third-order valence-electron chi connectivity index (χ3n) is 4.90. The summed E-state index contributed by atoms with van der Waals surface area (Å²) in [6.07, 6.45) is 7.70. The summed E-state index contributed by atoms with van der Waals surface area (Å²) in [5.41, 5.74) is 2.87. The van der Waals surface area contributed by atoms with Crippen LogP contribution in [0.15, 0.2) is 18.2 Å². The van der Waals surface area contributed by atoms with Gasteiger partial charge in [-0.25, -0.2) is 0 Å². The smallest absolute Gasteiger partial charge is 0.122 e. The summed E-state index contributed by atoms with van der Waals surface area (Å²) in [4.78, 5) is 0. The first-order chi connectivity index (χ1) is 10.3.